The van der Waals surface area contributed by atoms with Gasteiger partial charge in [-0.15, -0.1) is 0 Å². The van der Waals surface area contributed by atoms with Crippen LogP contribution in [-0.4, -0.2) is 40.8 Å². The number of aromatic nitrogens is 2. The maximum absolute atomic E-state index is 12.6. The van der Waals surface area contributed by atoms with E-state index in [-0.39, 0.29) is 12.0 Å². The van der Waals surface area contributed by atoms with Crippen LogP contribution in [0, 0.1) is 0 Å². The van der Waals surface area contributed by atoms with Crippen molar-refractivity contribution in [1.29, 1.82) is 0 Å². The standard InChI is InChI=1S/C24H26ClN3O3/c1-17(2)31-24-21(25)12-18(13-22(24)30-4)10-11-23(29)27(3)15-19-14-26-28(16-19)20-8-6-5-7-9-20/h5-14,16-17H,15H2,1-4H3/b11-10+. The summed E-state index contributed by atoms with van der Waals surface area (Å²) in [7, 11) is 3.31. The van der Waals surface area contributed by atoms with E-state index in [1.807, 2.05) is 50.4 Å². The molecule has 0 N–H and O–H groups in total. The van der Waals surface area contributed by atoms with Gasteiger partial charge in [-0.25, -0.2) is 4.68 Å². The Hall–Kier alpha value is -3.25. The van der Waals surface area contributed by atoms with E-state index in [1.54, 1.807) is 48.1 Å². The Morgan fingerprint density at radius 2 is 2.00 bits per heavy atom. The van der Waals surface area contributed by atoms with Gasteiger partial charge in [-0.1, -0.05) is 29.8 Å². The second-order valence-electron chi connectivity index (χ2n) is 7.36. The normalized spacial score (nSPS) is 11.2. The molecule has 0 saturated heterocycles. The van der Waals surface area contributed by atoms with Gasteiger partial charge >= 0.3 is 0 Å². The van der Waals surface area contributed by atoms with Crippen molar-refractivity contribution in [3.63, 3.8) is 0 Å². The number of halogens is 1. The summed E-state index contributed by atoms with van der Waals surface area (Å²) < 4.78 is 12.9. The van der Waals surface area contributed by atoms with E-state index in [4.69, 9.17) is 21.1 Å². The summed E-state index contributed by atoms with van der Waals surface area (Å²) in [5.41, 5.74) is 2.66. The molecule has 2 aromatic carbocycles. The quantitative estimate of drug-likeness (QED) is 0.464. The van der Waals surface area contributed by atoms with E-state index in [1.165, 1.54) is 6.08 Å². The van der Waals surface area contributed by atoms with Crippen molar-refractivity contribution in [1.82, 2.24) is 14.7 Å². The van der Waals surface area contributed by atoms with Gasteiger partial charge in [0, 0.05) is 31.4 Å². The third-order valence-electron chi connectivity index (χ3n) is 4.48. The molecule has 1 aromatic heterocycles. The molecule has 31 heavy (non-hydrogen) atoms. The van der Waals surface area contributed by atoms with Gasteiger partial charge in [0.05, 0.1) is 30.1 Å². The highest BCUT2D eigenvalue weighted by Gasteiger charge is 2.13. The van der Waals surface area contributed by atoms with Gasteiger partial charge in [0.2, 0.25) is 5.91 Å². The van der Waals surface area contributed by atoms with Crippen molar-refractivity contribution in [3.05, 3.63) is 77.1 Å². The van der Waals surface area contributed by atoms with Crippen LogP contribution >= 0.6 is 11.6 Å². The third kappa shape index (κ3) is 5.89. The smallest absolute Gasteiger partial charge is 0.246 e. The molecular formula is C24H26ClN3O3. The summed E-state index contributed by atoms with van der Waals surface area (Å²) in [6.45, 7) is 4.28. The fourth-order valence-electron chi connectivity index (χ4n) is 3.00. The molecule has 0 aliphatic carbocycles. The van der Waals surface area contributed by atoms with Crippen molar-refractivity contribution in [2.24, 2.45) is 0 Å². The average Bonchev–Trinajstić information content (AvgIpc) is 3.22. The number of ether oxygens (including phenoxy) is 2. The Kier molecular flexibility index (Phi) is 7.36. The lowest BCUT2D eigenvalue weighted by atomic mass is 10.1. The summed E-state index contributed by atoms with van der Waals surface area (Å²) in [6, 6.07) is 13.4. The van der Waals surface area contributed by atoms with Crippen LogP contribution in [0.2, 0.25) is 5.02 Å². The van der Waals surface area contributed by atoms with Gasteiger partial charge in [-0.3, -0.25) is 4.79 Å². The summed E-state index contributed by atoms with van der Waals surface area (Å²) in [5, 5.41) is 4.80. The minimum atomic E-state index is -0.134. The lowest BCUT2D eigenvalue weighted by Gasteiger charge is -2.16. The highest BCUT2D eigenvalue weighted by molar-refractivity contribution is 6.32. The van der Waals surface area contributed by atoms with Crippen LogP contribution in [0.1, 0.15) is 25.0 Å². The van der Waals surface area contributed by atoms with Crippen LogP contribution in [0.5, 0.6) is 11.5 Å². The minimum absolute atomic E-state index is 0.0331. The summed E-state index contributed by atoms with van der Waals surface area (Å²) >= 11 is 6.35. The van der Waals surface area contributed by atoms with E-state index in [9.17, 15) is 4.79 Å². The van der Waals surface area contributed by atoms with E-state index in [2.05, 4.69) is 5.10 Å². The number of likely N-dealkylation sites (N-methyl/N-ethyl adjacent to an activating group) is 1. The second kappa shape index (κ2) is 10.2. The Morgan fingerprint density at radius 1 is 1.26 bits per heavy atom. The number of para-hydroxylation sites is 1. The zero-order valence-corrected chi connectivity index (χ0v) is 18.8. The SMILES string of the molecule is COc1cc(/C=C/C(=O)N(C)Cc2cnn(-c3ccccc3)c2)cc(Cl)c1OC(C)C. The fraction of sp³-hybridized carbons (Fsp3) is 0.250. The van der Waals surface area contributed by atoms with Gasteiger partial charge in [0.15, 0.2) is 11.5 Å². The molecule has 0 atom stereocenters. The van der Waals surface area contributed by atoms with Crippen molar-refractivity contribution in [3.8, 4) is 17.2 Å². The number of benzene rings is 2. The fourth-order valence-corrected chi connectivity index (χ4v) is 3.26. The number of amides is 1. The molecule has 0 aliphatic rings. The first-order chi connectivity index (χ1) is 14.9. The second-order valence-corrected chi connectivity index (χ2v) is 7.76. The maximum Gasteiger partial charge on any atom is 0.246 e. The van der Waals surface area contributed by atoms with Crippen molar-refractivity contribution in [2.45, 2.75) is 26.5 Å². The molecule has 162 valence electrons. The Morgan fingerprint density at radius 3 is 2.68 bits per heavy atom. The van der Waals surface area contributed by atoms with Gasteiger partial charge in [-0.05, 0) is 49.8 Å². The Balaban J connectivity index is 1.67. The molecular weight excluding hydrogens is 414 g/mol. The number of methoxy groups -OCH3 is 1. The third-order valence-corrected chi connectivity index (χ3v) is 4.76. The van der Waals surface area contributed by atoms with Gasteiger partial charge < -0.3 is 14.4 Å². The van der Waals surface area contributed by atoms with Gasteiger partial charge in [0.25, 0.3) is 0 Å². The van der Waals surface area contributed by atoms with Gasteiger partial charge in [-0.2, -0.15) is 5.10 Å². The first-order valence-corrected chi connectivity index (χ1v) is 10.3. The summed E-state index contributed by atoms with van der Waals surface area (Å²) in [6.07, 6.45) is 6.86. The van der Waals surface area contributed by atoms with Crippen molar-refractivity contribution < 1.29 is 14.3 Å². The topological polar surface area (TPSA) is 56.6 Å². The van der Waals surface area contributed by atoms with Gasteiger partial charge in [0.1, 0.15) is 0 Å². The zero-order valence-electron chi connectivity index (χ0n) is 18.1. The number of rotatable bonds is 8. The molecule has 6 nitrogen and oxygen atoms in total. The van der Waals surface area contributed by atoms with Crippen LogP contribution in [0.15, 0.2) is 60.9 Å². The monoisotopic (exact) mass is 439 g/mol. The summed E-state index contributed by atoms with van der Waals surface area (Å²) in [4.78, 5) is 14.2. The molecule has 3 rings (SSSR count). The molecule has 0 aliphatic heterocycles. The molecule has 0 spiro atoms. The average molecular weight is 440 g/mol. The van der Waals surface area contributed by atoms with Crippen LogP contribution in [0.25, 0.3) is 11.8 Å². The minimum Gasteiger partial charge on any atom is -0.493 e. The van der Waals surface area contributed by atoms with E-state index < -0.39 is 0 Å². The molecule has 0 bridgehead atoms. The predicted molar refractivity (Wildman–Crippen MR) is 123 cm³/mol. The Bertz CT molecular complexity index is 1060. The first-order valence-electron chi connectivity index (χ1n) is 9.93. The molecule has 0 radical (unpaired) electrons. The highest BCUT2D eigenvalue weighted by atomic mass is 35.5. The molecule has 0 saturated carbocycles. The molecule has 7 heteroatoms. The number of carbonyl (C=O) groups excluding carboxylic acids is 1. The van der Waals surface area contributed by atoms with Crippen LogP contribution in [0.4, 0.5) is 0 Å². The first kappa shape index (κ1) is 22.4. The Labute approximate surface area is 187 Å². The van der Waals surface area contributed by atoms with Crippen LogP contribution in [0.3, 0.4) is 0 Å². The van der Waals surface area contributed by atoms with E-state index in [0.717, 1.165) is 16.8 Å². The maximum atomic E-state index is 12.6. The largest absolute Gasteiger partial charge is 0.493 e. The number of hydrogen-bond donors (Lipinski definition) is 0. The number of nitrogens with zero attached hydrogens (tertiary/aromatic N) is 3. The van der Waals surface area contributed by atoms with E-state index >= 15 is 0 Å². The molecule has 0 unspecified atom stereocenters. The number of carbonyl (C=O) groups is 1. The summed E-state index contributed by atoms with van der Waals surface area (Å²) in [5.74, 6) is 0.884. The van der Waals surface area contributed by atoms with Crippen LogP contribution in [-0.2, 0) is 11.3 Å². The highest BCUT2D eigenvalue weighted by Crippen LogP contribution is 2.37. The van der Waals surface area contributed by atoms with Crippen LogP contribution < -0.4 is 9.47 Å². The molecule has 1 amide bonds. The van der Waals surface area contributed by atoms with Crippen molar-refractivity contribution >= 4 is 23.6 Å². The molecule has 1 heterocycles. The lowest BCUT2D eigenvalue weighted by molar-refractivity contribution is -0.125. The lowest BCUT2D eigenvalue weighted by Crippen LogP contribution is -2.23. The zero-order chi connectivity index (χ0) is 22.4. The molecule has 0 fully saturated rings. The predicted octanol–water partition coefficient (Wildman–Crippen LogP) is 4.99. The molecule has 3 aromatic rings. The number of hydrogen-bond acceptors (Lipinski definition) is 4. The van der Waals surface area contributed by atoms with E-state index in [0.29, 0.717) is 23.1 Å². The van der Waals surface area contributed by atoms with Crippen molar-refractivity contribution in [2.75, 3.05) is 14.2 Å².